The minimum absolute atomic E-state index is 0.0963. The van der Waals surface area contributed by atoms with Gasteiger partial charge in [0.25, 0.3) is 11.5 Å². The molecule has 1 atom stereocenters. The lowest BCUT2D eigenvalue weighted by molar-refractivity contribution is -0.122. The van der Waals surface area contributed by atoms with E-state index in [-0.39, 0.29) is 17.0 Å². The first kappa shape index (κ1) is 23.6. The summed E-state index contributed by atoms with van der Waals surface area (Å²) >= 11 is 6.73. The number of carbonyl (C=O) groups excluding carboxylic acids is 1. The van der Waals surface area contributed by atoms with Crippen LogP contribution in [0.5, 0.6) is 0 Å². The van der Waals surface area contributed by atoms with Crippen molar-refractivity contribution in [3.05, 3.63) is 31.9 Å². The third kappa shape index (κ3) is 4.58. The minimum atomic E-state index is -0.245. The van der Waals surface area contributed by atoms with Crippen molar-refractivity contribution in [1.82, 2.24) is 9.47 Å². The second-order valence-corrected chi connectivity index (χ2v) is 10.0. The van der Waals surface area contributed by atoms with E-state index in [1.807, 2.05) is 26.8 Å². The number of carbonyl (C=O) groups is 1. The zero-order valence-electron chi connectivity index (χ0n) is 18.7. The summed E-state index contributed by atoms with van der Waals surface area (Å²) in [6, 6.07) is 2.11. The molecule has 2 fully saturated rings. The summed E-state index contributed by atoms with van der Waals surface area (Å²) in [5.41, 5.74) is 1.33. The number of pyridine rings is 1. The Labute approximate surface area is 193 Å². The monoisotopic (exact) mass is 458 g/mol. The molecule has 2 saturated heterocycles. The number of anilines is 1. The van der Waals surface area contributed by atoms with Crippen LogP contribution in [0, 0.1) is 24.2 Å². The smallest absolute Gasteiger partial charge is 0.270 e. The van der Waals surface area contributed by atoms with E-state index in [0.29, 0.717) is 33.8 Å². The number of thioether (sulfide) groups is 1. The number of nitrogens with zero attached hydrogens (tertiary/aromatic N) is 4. The molecule has 0 radical (unpaired) electrons. The molecule has 0 aromatic carbocycles. The molecule has 2 aliphatic heterocycles. The first-order valence-corrected chi connectivity index (χ1v) is 12.2. The van der Waals surface area contributed by atoms with E-state index in [1.54, 1.807) is 9.47 Å². The van der Waals surface area contributed by atoms with Gasteiger partial charge in [-0.25, -0.2) is 0 Å². The summed E-state index contributed by atoms with van der Waals surface area (Å²) in [5.74, 6) is 1.25. The predicted octanol–water partition coefficient (Wildman–Crippen LogP) is 4.29. The lowest BCUT2D eigenvalue weighted by atomic mass is 9.98. The molecule has 1 aromatic rings. The third-order valence-electron chi connectivity index (χ3n) is 5.85. The second-order valence-electron chi connectivity index (χ2n) is 8.33. The number of rotatable bonds is 6. The van der Waals surface area contributed by atoms with E-state index in [4.69, 9.17) is 12.2 Å². The van der Waals surface area contributed by atoms with Crippen molar-refractivity contribution in [2.45, 2.75) is 59.9 Å². The van der Waals surface area contributed by atoms with Crippen molar-refractivity contribution < 1.29 is 4.79 Å². The number of nitriles is 1. The number of amides is 1. The third-order valence-corrected chi connectivity index (χ3v) is 7.22. The summed E-state index contributed by atoms with van der Waals surface area (Å²) in [6.07, 6.45) is 5.68. The van der Waals surface area contributed by atoms with E-state index in [9.17, 15) is 14.9 Å². The molecule has 0 N–H and O–H groups in total. The Morgan fingerprint density at radius 1 is 1.26 bits per heavy atom. The van der Waals surface area contributed by atoms with Crippen LogP contribution in [0.4, 0.5) is 5.82 Å². The zero-order chi connectivity index (χ0) is 22.7. The van der Waals surface area contributed by atoms with Gasteiger partial charge >= 0.3 is 0 Å². The van der Waals surface area contributed by atoms with Crippen LogP contribution in [-0.2, 0) is 11.3 Å². The summed E-state index contributed by atoms with van der Waals surface area (Å²) in [6.45, 7) is 10.9. The number of hydrogen-bond acceptors (Lipinski definition) is 6. The van der Waals surface area contributed by atoms with Gasteiger partial charge in [-0.2, -0.15) is 5.26 Å². The highest BCUT2D eigenvalue weighted by molar-refractivity contribution is 8.26. The molecule has 0 aliphatic carbocycles. The zero-order valence-corrected chi connectivity index (χ0v) is 20.4. The average Bonchev–Trinajstić information content (AvgIpc) is 3.00. The molecule has 6 nitrogen and oxygen atoms in total. The fourth-order valence-corrected chi connectivity index (χ4v) is 5.64. The van der Waals surface area contributed by atoms with Crippen LogP contribution in [0.3, 0.4) is 0 Å². The molecule has 31 heavy (non-hydrogen) atoms. The second kappa shape index (κ2) is 10.0. The van der Waals surface area contributed by atoms with Crippen LogP contribution in [0.2, 0.25) is 0 Å². The maximum Gasteiger partial charge on any atom is 0.270 e. The summed E-state index contributed by atoms with van der Waals surface area (Å²) in [5, 5.41) is 9.73. The molecule has 1 amide bonds. The molecule has 2 aliphatic rings. The predicted molar refractivity (Wildman–Crippen MR) is 131 cm³/mol. The van der Waals surface area contributed by atoms with Gasteiger partial charge in [-0.05, 0) is 50.2 Å². The van der Waals surface area contributed by atoms with Gasteiger partial charge in [0.2, 0.25) is 0 Å². The van der Waals surface area contributed by atoms with E-state index in [2.05, 4.69) is 17.9 Å². The lowest BCUT2D eigenvalue weighted by Gasteiger charge is -2.36. The number of hydrogen-bond donors (Lipinski definition) is 0. The van der Waals surface area contributed by atoms with Crippen molar-refractivity contribution in [2.75, 3.05) is 24.5 Å². The summed E-state index contributed by atoms with van der Waals surface area (Å²) in [4.78, 5) is 30.6. The van der Waals surface area contributed by atoms with Crippen molar-refractivity contribution in [3.63, 3.8) is 0 Å². The molecule has 0 saturated carbocycles. The Morgan fingerprint density at radius 3 is 2.58 bits per heavy atom. The Morgan fingerprint density at radius 2 is 1.97 bits per heavy atom. The molecule has 0 spiro atoms. The normalized spacial score (nSPS) is 20.6. The van der Waals surface area contributed by atoms with Crippen molar-refractivity contribution in [3.8, 4) is 6.07 Å². The highest BCUT2D eigenvalue weighted by Crippen LogP contribution is 2.36. The average molecular weight is 459 g/mol. The molecular formula is C23H30N4O2S2. The summed E-state index contributed by atoms with van der Waals surface area (Å²) < 4.78 is 2.30. The van der Waals surface area contributed by atoms with Gasteiger partial charge < -0.3 is 4.90 Å². The molecule has 0 bridgehead atoms. The van der Waals surface area contributed by atoms with E-state index < -0.39 is 0 Å². The van der Waals surface area contributed by atoms with Gasteiger partial charge in [0, 0.05) is 31.7 Å². The van der Waals surface area contributed by atoms with E-state index in [0.717, 1.165) is 50.2 Å². The van der Waals surface area contributed by atoms with Crippen molar-refractivity contribution >= 4 is 46.1 Å². The Hall–Kier alpha value is -2.11. The topological polar surface area (TPSA) is 69.3 Å². The maximum atomic E-state index is 13.2. The van der Waals surface area contributed by atoms with Gasteiger partial charge in [0.15, 0.2) is 0 Å². The van der Waals surface area contributed by atoms with Crippen LogP contribution in [-0.4, -0.2) is 39.3 Å². The number of aromatic nitrogens is 1. The van der Waals surface area contributed by atoms with Crippen LogP contribution < -0.4 is 10.5 Å². The quantitative estimate of drug-likeness (QED) is 0.468. The Kier molecular flexibility index (Phi) is 7.60. The Balaban J connectivity index is 2.24. The van der Waals surface area contributed by atoms with Gasteiger partial charge in [-0.1, -0.05) is 44.8 Å². The molecule has 8 heteroatoms. The van der Waals surface area contributed by atoms with Crippen molar-refractivity contribution in [2.24, 2.45) is 5.92 Å². The minimum Gasteiger partial charge on any atom is -0.357 e. The lowest BCUT2D eigenvalue weighted by Crippen LogP contribution is -2.40. The highest BCUT2D eigenvalue weighted by atomic mass is 32.2. The van der Waals surface area contributed by atoms with Crippen LogP contribution >= 0.6 is 24.0 Å². The maximum absolute atomic E-state index is 13.2. The highest BCUT2D eigenvalue weighted by Gasteiger charge is 2.33. The molecular weight excluding hydrogens is 428 g/mol. The SMILES string of the molecule is CCCN1C(=O)C(=Cc2c(C)c(C#N)c(=O)n(CCC)c2N2CCCC(C)C2)SC1=S. The fourth-order valence-electron chi connectivity index (χ4n) is 4.35. The molecule has 166 valence electrons. The fraction of sp³-hybridized carbons (Fsp3) is 0.565. The van der Waals surface area contributed by atoms with Crippen LogP contribution in [0.25, 0.3) is 6.08 Å². The van der Waals surface area contributed by atoms with Crippen molar-refractivity contribution in [1.29, 1.82) is 5.26 Å². The first-order chi connectivity index (χ1) is 14.8. The molecule has 1 aromatic heterocycles. The van der Waals surface area contributed by atoms with Crippen LogP contribution in [0.1, 0.15) is 63.1 Å². The van der Waals surface area contributed by atoms with Gasteiger partial charge in [0.1, 0.15) is 21.8 Å². The van der Waals surface area contributed by atoms with E-state index in [1.165, 1.54) is 11.8 Å². The van der Waals surface area contributed by atoms with Crippen LogP contribution in [0.15, 0.2) is 9.70 Å². The number of piperidine rings is 1. The molecule has 3 heterocycles. The standard InChI is InChI=1S/C23H30N4O2S2/c1-5-9-26-20(25-11-7-8-15(3)14-25)17(16(4)18(13-24)21(26)28)12-19-22(29)27(10-6-2)23(30)31-19/h12,15H,5-11,14H2,1-4H3. The first-order valence-electron chi connectivity index (χ1n) is 11.0. The van der Waals surface area contributed by atoms with Gasteiger partial charge in [-0.15, -0.1) is 0 Å². The Bertz CT molecular complexity index is 1020. The number of thiocarbonyl (C=S) groups is 1. The molecule has 1 unspecified atom stereocenters. The van der Waals surface area contributed by atoms with Gasteiger partial charge in [-0.3, -0.25) is 19.1 Å². The van der Waals surface area contributed by atoms with E-state index >= 15 is 0 Å². The van der Waals surface area contributed by atoms with Gasteiger partial charge in [0.05, 0.1) is 4.91 Å². The molecule has 3 rings (SSSR count). The largest absolute Gasteiger partial charge is 0.357 e. The summed E-state index contributed by atoms with van der Waals surface area (Å²) in [7, 11) is 0.